The average Bonchev–Trinajstić information content (AvgIpc) is 2.73. The van der Waals surface area contributed by atoms with Crippen LogP contribution in [0.15, 0.2) is 47.4 Å². The van der Waals surface area contributed by atoms with Crippen LogP contribution in [0.25, 0.3) is 0 Å². The summed E-state index contributed by atoms with van der Waals surface area (Å²) in [4.78, 5) is 12.6. The fourth-order valence-corrected chi connectivity index (χ4v) is 5.37. The van der Waals surface area contributed by atoms with E-state index in [0.29, 0.717) is 43.5 Å². The van der Waals surface area contributed by atoms with Gasteiger partial charge in [-0.15, -0.1) is 0 Å². The summed E-state index contributed by atoms with van der Waals surface area (Å²) in [7, 11) is -3.62. The van der Waals surface area contributed by atoms with Gasteiger partial charge in [0.15, 0.2) is 11.5 Å². The predicted molar refractivity (Wildman–Crippen MR) is 115 cm³/mol. The van der Waals surface area contributed by atoms with E-state index in [1.54, 1.807) is 24.3 Å². The Hall–Kier alpha value is -2.62. The van der Waals surface area contributed by atoms with E-state index in [2.05, 4.69) is 5.32 Å². The van der Waals surface area contributed by atoms with Gasteiger partial charge in [-0.25, -0.2) is 8.42 Å². The molecule has 4 rings (SSSR count). The third-order valence-corrected chi connectivity index (χ3v) is 6.98. The summed E-state index contributed by atoms with van der Waals surface area (Å²) in [6, 6.07) is 11.6. The molecular weight excluding hydrogens is 420 g/mol. The lowest BCUT2D eigenvalue weighted by atomic mass is 10.1. The Morgan fingerprint density at radius 3 is 2.32 bits per heavy atom. The van der Waals surface area contributed by atoms with Gasteiger partial charge in [0.05, 0.1) is 23.5 Å². The van der Waals surface area contributed by atoms with Crippen molar-refractivity contribution in [3.8, 4) is 11.5 Å². The van der Waals surface area contributed by atoms with Crippen molar-refractivity contribution in [1.29, 1.82) is 0 Å². The highest BCUT2D eigenvalue weighted by Gasteiger charge is 2.32. The van der Waals surface area contributed by atoms with E-state index in [-0.39, 0.29) is 29.4 Å². The molecule has 0 aromatic heterocycles. The lowest BCUT2D eigenvalue weighted by Gasteiger charge is -2.34. The molecule has 0 bridgehead atoms. The van der Waals surface area contributed by atoms with Gasteiger partial charge >= 0.3 is 0 Å². The maximum Gasteiger partial charge on any atom is 0.243 e. The number of carbonyl (C=O) groups excluding carboxylic acids is 1. The van der Waals surface area contributed by atoms with E-state index < -0.39 is 10.0 Å². The summed E-state index contributed by atoms with van der Waals surface area (Å²) in [5.41, 5.74) is 1.33. The first-order valence-electron chi connectivity index (χ1n) is 10.3. The molecule has 2 aromatic rings. The van der Waals surface area contributed by atoms with Crippen LogP contribution in [0.4, 0.5) is 5.69 Å². The zero-order valence-corrected chi connectivity index (χ0v) is 18.4. The van der Waals surface area contributed by atoms with Gasteiger partial charge in [0.25, 0.3) is 0 Å². The monoisotopic (exact) mass is 446 g/mol. The van der Waals surface area contributed by atoms with Crippen molar-refractivity contribution >= 4 is 21.6 Å². The predicted octanol–water partition coefficient (Wildman–Crippen LogP) is 2.44. The Balaban J connectivity index is 1.39. The number of fused-ring (bicyclic) bond motifs is 1. The Morgan fingerprint density at radius 2 is 1.65 bits per heavy atom. The molecule has 2 aliphatic rings. The van der Waals surface area contributed by atoms with Crippen molar-refractivity contribution in [3.05, 3.63) is 48.0 Å². The molecule has 2 heterocycles. The zero-order chi connectivity index (χ0) is 22.0. The lowest BCUT2D eigenvalue weighted by Crippen LogP contribution is -2.48. The molecule has 2 aromatic carbocycles. The molecule has 8 nitrogen and oxygen atoms in total. The van der Waals surface area contributed by atoms with Crippen LogP contribution in [0.2, 0.25) is 0 Å². The number of carbonyl (C=O) groups is 1. The minimum atomic E-state index is -3.62. The zero-order valence-electron chi connectivity index (χ0n) is 17.5. The Morgan fingerprint density at radius 1 is 1.00 bits per heavy atom. The molecule has 1 fully saturated rings. The van der Waals surface area contributed by atoms with Crippen LogP contribution < -0.4 is 14.8 Å². The van der Waals surface area contributed by atoms with Gasteiger partial charge in [-0.2, -0.15) is 4.31 Å². The van der Waals surface area contributed by atoms with Crippen LogP contribution in [-0.2, 0) is 26.0 Å². The highest BCUT2D eigenvalue weighted by atomic mass is 32.2. The van der Waals surface area contributed by atoms with Crippen molar-refractivity contribution in [3.63, 3.8) is 0 Å². The molecule has 0 spiro atoms. The standard InChI is InChI=1S/C22H26N2O6S/c1-15-13-24(14-16(2)30-15)31(26,27)19-6-4-18(5-7-19)23-22(25)12-17-3-8-20-21(11-17)29-10-9-28-20/h3-8,11,15-16H,9-10,12-14H2,1-2H3,(H,23,25)/t15-,16-/m1/s1. The average molecular weight is 447 g/mol. The number of nitrogens with zero attached hydrogens (tertiary/aromatic N) is 1. The summed E-state index contributed by atoms with van der Waals surface area (Å²) < 4.78 is 44.0. The summed E-state index contributed by atoms with van der Waals surface area (Å²) in [5.74, 6) is 1.11. The van der Waals surface area contributed by atoms with E-state index >= 15 is 0 Å². The maximum atomic E-state index is 12.9. The minimum Gasteiger partial charge on any atom is -0.486 e. The van der Waals surface area contributed by atoms with E-state index in [0.717, 1.165) is 5.56 Å². The molecule has 0 saturated carbocycles. The summed E-state index contributed by atoms with van der Waals surface area (Å²) in [6.45, 7) is 5.36. The topological polar surface area (TPSA) is 94.2 Å². The molecule has 0 aliphatic carbocycles. The quantitative estimate of drug-likeness (QED) is 0.758. The van der Waals surface area contributed by atoms with Gasteiger partial charge < -0.3 is 19.5 Å². The van der Waals surface area contributed by atoms with Crippen LogP contribution >= 0.6 is 0 Å². The molecule has 1 saturated heterocycles. The second-order valence-electron chi connectivity index (χ2n) is 7.81. The van der Waals surface area contributed by atoms with Gasteiger partial charge in [-0.05, 0) is 55.8 Å². The van der Waals surface area contributed by atoms with Gasteiger partial charge in [0, 0.05) is 18.8 Å². The lowest BCUT2D eigenvalue weighted by molar-refractivity contribution is -0.115. The Bertz CT molecular complexity index is 1040. The number of sulfonamides is 1. The number of amides is 1. The normalized spacial score (nSPS) is 21.5. The SMILES string of the molecule is C[C@@H]1CN(S(=O)(=O)c2ccc(NC(=O)Cc3ccc4c(c3)OCCO4)cc2)C[C@@H](C)O1. The summed E-state index contributed by atoms with van der Waals surface area (Å²) in [5, 5.41) is 2.80. The maximum absolute atomic E-state index is 12.9. The third-order valence-electron chi connectivity index (χ3n) is 5.13. The Kier molecular flexibility index (Phi) is 6.17. The highest BCUT2D eigenvalue weighted by Crippen LogP contribution is 2.31. The largest absolute Gasteiger partial charge is 0.486 e. The fourth-order valence-electron chi connectivity index (χ4n) is 3.77. The first-order chi connectivity index (χ1) is 14.8. The molecule has 0 unspecified atom stereocenters. The highest BCUT2D eigenvalue weighted by molar-refractivity contribution is 7.89. The molecule has 31 heavy (non-hydrogen) atoms. The number of nitrogens with one attached hydrogen (secondary N) is 1. The van der Waals surface area contributed by atoms with Crippen molar-refractivity contribution in [2.24, 2.45) is 0 Å². The molecule has 2 aliphatic heterocycles. The molecular formula is C22H26N2O6S. The molecule has 9 heteroatoms. The number of morpholine rings is 1. The Labute approximate surface area is 182 Å². The summed E-state index contributed by atoms with van der Waals surface area (Å²) in [6.07, 6.45) is -0.143. The number of hydrogen-bond acceptors (Lipinski definition) is 6. The smallest absolute Gasteiger partial charge is 0.243 e. The van der Waals surface area contributed by atoms with Crippen LogP contribution in [0.1, 0.15) is 19.4 Å². The number of hydrogen-bond donors (Lipinski definition) is 1. The van der Waals surface area contributed by atoms with Gasteiger partial charge in [-0.1, -0.05) is 6.07 Å². The number of benzene rings is 2. The third kappa shape index (κ3) is 5.00. The van der Waals surface area contributed by atoms with Gasteiger partial charge in [0.2, 0.25) is 15.9 Å². The first-order valence-corrected chi connectivity index (χ1v) is 11.7. The minimum absolute atomic E-state index is 0.155. The van der Waals surface area contributed by atoms with E-state index in [1.165, 1.54) is 16.4 Å². The van der Waals surface area contributed by atoms with Crippen LogP contribution in [0.3, 0.4) is 0 Å². The van der Waals surface area contributed by atoms with E-state index in [1.807, 2.05) is 19.9 Å². The fraction of sp³-hybridized carbons (Fsp3) is 0.409. The second-order valence-corrected chi connectivity index (χ2v) is 9.74. The number of ether oxygens (including phenoxy) is 3. The van der Waals surface area contributed by atoms with Crippen LogP contribution in [0.5, 0.6) is 11.5 Å². The molecule has 0 radical (unpaired) electrons. The van der Waals surface area contributed by atoms with Crippen molar-refractivity contribution < 1.29 is 27.4 Å². The summed E-state index contributed by atoms with van der Waals surface area (Å²) >= 11 is 0. The van der Waals surface area contributed by atoms with E-state index in [4.69, 9.17) is 14.2 Å². The van der Waals surface area contributed by atoms with Crippen molar-refractivity contribution in [2.75, 3.05) is 31.6 Å². The van der Waals surface area contributed by atoms with Crippen molar-refractivity contribution in [2.45, 2.75) is 37.4 Å². The van der Waals surface area contributed by atoms with Gasteiger partial charge in [0.1, 0.15) is 13.2 Å². The van der Waals surface area contributed by atoms with Crippen LogP contribution in [-0.4, -0.2) is 57.1 Å². The molecule has 166 valence electrons. The molecule has 1 amide bonds. The first kappa shape index (κ1) is 21.6. The van der Waals surface area contributed by atoms with Crippen LogP contribution in [0, 0.1) is 0 Å². The molecule has 2 atom stereocenters. The van der Waals surface area contributed by atoms with E-state index in [9.17, 15) is 13.2 Å². The van der Waals surface area contributed by atoms with Crippen molar-refractivity contribution in [1.82, 2.24) is 4.31 Å². The second kappa shape index (κ2) is 8.86. The van der Waals surface area contributed by atoms with Gasteiger partial charge in [-0.3, -0.25) is 4.79 Å². The number of rotatable bonds is 5. The number of anilines is 1. The molecule has 1 N–H and O–H groups in total.